The zero-order valence-electron chi connectivity index (χ0n) is 18.5. The lowest BCUT2D eigenvalue weighted by Crippen LogP contribution is -2.40. The van der Waals surface area contributed by atoms with E-state index in [0.29, 0.717) is 26.6 Å². The van der Waals surface area contributed by atoms with Gasteiger partial charge in [-0.3, -0.25) is 14.2 Å². The number of methoxy groups -OCH3 is 1. The summed E-state index contributed by atoms with van der Waals surface area (Å²) in [6, 6.07) is 12.7. The molecule has 1 amide bonds. The normalized spacial score (nSPS) is 10.9. The number of amides is 1. The minimum absolute atomic E-state index is 0.277. The first-order chi connectivity index (χ1) is 16.2. The zero-order valence-corrected chi connectivity index (χ0v) is 20.1. The summed E-state index contributed by atoms with van der Waals surface area (Å²) in [6.45, 7) is 3.33. The number of thiophene rings is 1. The van der Waals surface area contributed by atoms with Crippen molar-refractivity contribution in [1.82, 2.24) is 9.13 Å². The quantitative estimate of drug-likeness (QED) is 0.421. The van der Waals surface area contributed by atoms with E-state index in [1.54, 1.807) is 36.4 Å². The monoisotopic (exact) mass is 497 g/mol. The highest BCUT2D eigenvalue weighted by Crippen LogP contribution is 2.27. The molecule has 0 saturated carbocycles. The Kier molecular flexibility index (Phi) is 6.41. The number of nitrogens with zero attached hydrogens (tertiary/aromatic N) is 2. The standard InChI is InChI=1S/C24H20ClN3O5S/c1-13-14(2)34-22-20(13)21(30)28(18-9-5-7-16(25)11-18)24(32)27(22)12-19(29)26-17-8-4-6-15(10-17)23(31)33-3/h4-11H,12H2,1-3H3,(H,26,29). The molecule has 8 nitrogen and oxygen atoms in total. The predicted molar refractivity (Wildman–Crippen MR) is 133 cm³/mol. The Bertz CT molecular complexity index is 1570. The Morgan fingerprint density at radius 3 is 2.53 bits per heavy atom. The molecule has 1 N–H and O–H groups in total. The van der Waals surface area contributed by atoms with Crippen molar-refractivity contribution in [2.75, 3.05) is 12.4 Å². The summed E-state index contributed by atoms with van der Waals surface area (Å²) in [5.74, 6) is -1.03. The van der Waals surface area contributed by atoms with Crippen molar-refractivity contribution in [2.45, 2.75) is 20.4 Å². The van der Waals surface area contributed by atoms with Crippen LogP contribution in [-0.2, 0) is 16.1 Å². The van der Waals surface area contributed by atoms with Gasteiger partial charge in [0.05, 0.1) is 23.7 Å². The van der Waals surface area contributed by atoms with Gasteiger partial charge in [-0.15, -0.1) is 11.3 Å². The topological polar surface area (TPSA) is 99.4 Å². The molecule has 0 unspecified atom stereocenters. The van der Waals surface area contributed by atoms with Gasteiger partial charge in [-0.25, -0.2) is 14.2 Å². The average molecular weight is 498 g/mol. The fraction of sp³-hybridized carbons (Fsp3) is 0.167. The zero-order chi connectivity index (χ0) is 24.6. The molecule has 10 heteroatoms. The van der Waals surface area contributed by atoms with Gasteiger partial charge in [0.25, 0.3) is 5.56 Å². The van der Waals surface area contributed by atoms with Crippen molar-refractivity contribution in [3.8, 4) is 5.69 Å². The Morgan fingerprint density at radius 2 is 1.82 bits per heavy atom. The van der Waals surface area contributed by atoms with Gasteiger partial charge in [0.1, 0.15) is 11.4 Å². The highest BCUT2D eigenvalue weighted by atomic mass is 35.5. The molecule has 2 heterocycles. The Balaban J connectivity index is 1.80. The van der Waals surface area contributed by atoms with Crippen LogP contribution < -0.4 is 16.6 Å². The molecule has 34 heavy (non-hydrogen) atoms. The number of aryl methyl sites for hydroxylation is 2. The number of aromatic nitrogens is 2. The van der Waals surface area contributed by atoms with Crippen LogP contribution >= 0.6 is 22.9 Å². The molecule has 0 aliphatic heterocycles. The molecule has 0 radical (unpaired) electrons. The predicted octanol–water partition coefficient (Wildman–Crippen LogP) is 3.91. The maximum absolute atomic E-state index is 13.5. The van der Waals surface area contributed by atoms with E-state index in [1.165, 1.54) is 35.1 Å². The molecule has 174 valence electrons. The molecule has 0 spiro atoms. The second-order valence-corrected chi connectivity index (χ2v) is 9.21. The van der Waals surface area contributed by atoms with Crippen LogP contribution in [0.2, 0.25) is 5.02 Å². The summed E-state index contributed by atoms with van der Waals surface area (Å²) in [7, 11) is 1.27. The maximum Gasteiger partial charge on any atom is 0.337 e. The number of nitrogens with one attached hydrogen (secondary N) is 1. The summed E-state index contributed by atoms with van der Waals surface area (Å²) in [5.41, 5.74) is 0.595. The molecule has 0 fully saturated rings. The molecule has 2 aromatic heterocycles. The minimum atomic E-state index is -0.653. The Labute approximate surface area is 203 Å². The van der Waals surface area contributed by atoms with Gasteiger partial charge in [-0.05, 0) is 55.8 Å². The number of benzene rings is 2. The molecule has 0 atom stereocenters. The average Bonchev–Trinajstić information content (AvgIpc) is 3.10. The summed E-state index contributed by atoms with van der Waals surface area (Å²) in [6.07, 6.45) is 0. The van der Waals surface area contributed by atoms with Crippen molar-refractivity contribution in [3.05, 3.63) is 90.4 Å². The molecule has 0 bridgehead atoms. The number of carbonyl (C=O) groups excluding carboxylic acids is 2. The van der Waals surface area contributed by atoms with Crippen molar-refractivity contribution in [2.24, 2.45) is 0 Å². The van der Waals surface area contributed by atoms with Gasteiger partial charge >= 0.3 is 11.7 Å². The van der Waals surface area contributed by atoms with Crippen LogP contribution in [0.15, 0.2) is 58.1 Å². The van der Waals surface area contributed by atoms with Crippen molar-refractivity contribution < 1.29 is 14.3 Å². The van der Waals surface area contributed by atoms with Gasteiger partial charge in [-0.2, -0.15) is 0 Å². The number of hydrogen-bond donors (Lipinski definition) is 1. The number of anilines is 1. The van der Waals surface area contributed by atoms with E-state index in [1.807, 2.05) is 13.8 Å². The molecule has 0 saturated heterocycles. The SMILES string of the molecule is COC(=O)c1cccc(NC(=O)Cn2c(=O)n(-c3cccc(Cl)c3)c(=O)c3c(C)c(C)sc32)c1. The number of hydrogen-bond acceptors (Lipinski definition) is 6. The first-order valence-corrected chi connectivity index (χ1v) is 11.4. The minimum Gasteiger partial charge on any atom is -0.465 e. The Hall–Kier alpha value is -3.69. The molecule has 0 aliphatic rings. The van der Waals surface area contributed by atoms with Gasteiger partial charge < -0.3 is 10.1 Å². The van der Waals surface area contributed by atoms with Gasteiger partial charge in [0.15, 0.2) is 0 Å². The van der Waals surface area contributed by atoms with Gasteiger partial charge in [-0.1, -0.05) is 23.7 Å². The van der Waals surface area contributed by atoms with Gasteiger partial charge in [0.2, 0.25) is 5.91 Å². The van der Waals surface area contributed by atoms with Crippen molar-refractivity contribution in [3.63, 3.8) is 0 Å². The third-order valence-corrected chi connectivity index (χ3v) is 6.85. The van der Waals surface area contributed by atoms with Crippen LogP contribution in [0.25, 0.3) is 15.9 Å². The fourth-order valence-corrected chi connectivity index (χ4v) is 4.95. The third-order valence-electron chi connectivity index (χ3n) is 5.39. The lowest BCUT2D eigenvalue weighted by atomic mass is 10.2. The highest BCUT2D eigenvalue weighted by molar-refractivity contribution is 7.18. The van der Waals surface area contributed by atoms with E-state index in [2.05, 4.69) is 5.32 Å². The lowest BCUT2D eigenvalue weighted by molar-refractivity contribution is -0.116. The third kappa shape index (κ3) is 4.27. The number of esters is 1. The second kappa shape index (κ2) is 9.28. The molecule has 2 aromatic carbocycles. The molecular weight excluding hydrogens is 478 g/mol. The Morgan fingerprint density at radius 1 is 1.09 bits per heavy atom. The largest absolute Gasteiger partial charge is 0.465 e. The van der Waals surface area contributed by atoms with Crippen LogP contribution in [0.1, 0.15) is 20.8 Å². The lowest BCUT2D eigenvalue weighted by Gasteiger charge is -2.13. The number of fused-ring (bicyclic) bond motifs is 1. The van der Waals surface area contributed by atoms with Crippen LogP contribution in [0.5, 0.6) is 0 Å². The molecule has 4 aromatic rings. The number of rotatable bonds is 5. The van der Waals surface area contributed by atoms with E-state index in [-0.39, 0.29) is 12.1 Å². The number of ether oxygens (including phenoxy) is 1. The van der Waals surface area contributed by atoms with Gasteiger partial charge in [0, 0.05) is 15.6 Å². The number of carbonyl (C=O) groups is 2. The van der Waals surface area contributed by atoms with Crippen LogP contribution in [0.4, 0.5) is 5.69 Å². The molecule has 4 rings (SSSR count). The smallest absolute Gasteiger partial charge is 0.337 e. The highest BCUT2D eigenvalue weighted by Gasteiger charge is 2.21. The van der Waals surface area contributed by atoms with E-state index < -0.39 is 23.1 Å². The summed E-state index contributed by atoms with van der Waals surface area (Å²) in [4.78, 5) is 52.8. The van der Waals surface area contributed by atoms with E-state index in [9.17, 15) is 19.2 Å². The fourth-order valence-electron chi connectivity index (χ4n) is 3.63. The second-order valence-electron chi connectivity index (χ2n) is 7.57. The molecule has 0 aliphatic carbocycles. The van der Waals surface area contributed by atoms with Crippen molar-refractivity contribution in [1.29, 1.82) is 0 Å². The maximum atomic E-state index is 13.5. The first-order valence-electron chi connectivity index (χ1n) is 10.2. The summed E-state index contributed by atoms with van der Waals surface area (Å²) < 4.78 is 7.01. The summed E-state index contributed by atoms with van der Waals surface area (Å²) >= 11 is 7.37. The first kappa shape index (κ1) is 23.5. The van der Waals surface area contributed by atoms with E-state index in [0.717, 1.165) is 15.0 Å². The van der Waals surface area contributed by atoms with Crippen LogP contribution in [-0.4, -0.2) is 28.1 Å². The van der Waals surface area contributed by atoms with E-state index in [4.69, 9.17) is 16.3 Å². The van der Waals surface area contributed by atoms with Crippen LogP contribution in [0.3, 0.4) is 0 Å². The van der Waals surface area contributed by atoms with E-state index >= 15 is 0 Å². The van der Waals surface area contributed by atoms with Crippen molar-refractivity contribution >= 4 is 50.7 Å². The van der Waals surface area contributed by atoms with Crippen LogP contribution in [0, 0.1) is 13.8 Å². The number of halogens is 1. The molecular formula is C24H20ClN3O5S. The summed E-state index contributed by atoms with van der Waals surface area (Å²) in [5, 5.41) is 3.45.